The lowest BCUT2D eigenvalue weighted by Crippen LogP contribution is -2.44. The van der Waals surface area contributed by atoms with Crippen LogP contribution in [0.25, 0.3) is 11.1 Å². The van der Waals surface area contributed by atoms with E-state index in [4.69, 9.17) is 16.3 Å². The van der Waals surface area contributed by atoms with Crippen molar-refractivity contribution in [1.82, 2.24) is 10.2 Å². The van der Waals surface area contributed by atoms with Crippen LogP contribution >= 0.6 is 11.6 Å². The first-order chi connectivity index (χ1) is 14.9. The zero-order valence-corrected chi connectivity index (χ0v) is 17.8. The van der Waals surface area contributed by atoms with Gasteiger partial charge in [0.15, 0.2) is 0 Å². The van der Waals surface area contributed by atoms with E-state index in [9.17, 15) is 14.4 Å². The summed E-state index contributed by atoms with van der Waals surface area (Å²) in [7, 11) is 0. The summed E-state index contributed by atoms with van der Waals surface area (Å²) < 4.78 is 5.32. The van der Waals surface area contributed by atoms with E-state index in [1.807, 2.05) is 47.4 Å². The van der Waals surface area contributed by atoms with Gasteiger partial charge in [-0.1, -0.05) is 54.1 Å². The highest BCUT2D eigenvalue weighted by atomic mass is 35.5. The molecule has 31 heavy (non-hydrogen) atoms. The molecule has 3 fully saturated rings. The molecular formula is C24H23ClN2O4. The van der Waals surface area contributed by atoms with E-state index < -0.39 is 5.92 Å². The standard InChI is InChI=1S/C24H23ClN2O4/c25-22-17(2-1-3-18(22)19-8-9-20(28)26-23(19)30)16-6-4-15(5-7-16)11-27-12-24(10-21(27)29)13-31-14-24/h1-7,19H,8-14H2,(H,26,28,30). The molecule has 0 aromatic heterocycles. The van der Waals surface area contributed by atoms with E-state index in [0.717, 1.165) is 28.8 Å². The van der Waals surface area contributed by atoms with E-state index in [1.165, 1.54) is 0 Å². The molecule has 1 unspecified atom stereocenters. The van der Waals surface area contributed by atoms with Crippen molar-refractivity contribution in [2.75, 3.05) is 19.8 Å². The number of rotatable bonds is 4. The van der Waals surface area contributed by atoms with E-state index >= 15 is 0 Å². The zero-order valence-electron chi connectivity index (χ0n) is 17.0. The number of carbonyl (C=O) groups excluding carboxylic acids is 3. The molecule has 0 aliphatic carbocycles. The highest BCUT2D eigenvalue weighted by Gasteiger charge is 2.48. The van der Waals surface area contributed by atoms with Crippen LogP contribution in [0, 0.1) is 5.41 Å². The monoisotopic (exact) mass is 438 g/mol. The van der Waals surface area contributed by atoms with E-state index in [-0.39, 0.29) is 23.1 Å². The maximum Gasteiger partial charge on any atom is 0.234 e. The molecule has 160 valence electrons. The van der Waals surface area contributed by atoms with Crippen LogP contribution in [0.3, 0.4) is 0 Å². The molecule has 0 saturated carbocycles. The lowest BCUT2D eigenvalue weighted by Gasteiger charge is -2.37. The average molecular weight is 439 g/mol. The number of piperidine rings is 1. The van der Waals surface area contributed by atoms with Gasteiger partial charge >= 0.3 is 0 Å². The van der Waals surface area contributed by atoms with Crippen LogP contribution in [0.2, 0.25) is 5.02 Å². The molecule has 2 aromatic rings. The molecule has 3 aliphatic heterocycles. The predicted octanol–water partition coefficient (Wildman–Crippen LogP) is 3.28. The lowest BCUT2D eigenvalue weighted by atomic mass is 9.85. The Balaban J connectivity index is 1.34. The second kappa shape index (κ2) is 7.77. The summed E-state index contributed by atoms with van der Waals surface area (Å²) in [6, 6.07) is 13.7. The van der Waals surface area contributed by atoms with Gasteiger partial charge in [-0.05, 0) is 23.1 Å². The van der Waals surface area contributed by atoms with Gasteiger partial charge in [-0.2, -0.15) is 0 Å². The minimum absolute atomic E-state index is 0.0288. The molecule has 3 aliphatic rings. The number of carbonyl (C=O) groups is 3. The molecule has 3 saturated heterocycles. The molecule has 3 amide bonds. The first-order valence-corrected chi connectivity index (χ1v) is 10.9. The lowest BCUT2D eigenvalue weighted by molar-refractivity contribution is -0.134. The maximum absolute atomic E-state index is 12.4. The second-order valence-electron chi connectivity index (χ2n) is 8.83. The zero-order chi connectivity index (χ0) is 21.6. The summed E-state index contributed by atoms with van der Waals surface area (Å²) in [5.41, 5.74) is 3.62. The van der Waals surface area contributed by atoms with Gasteiger partial charge in [0.2, 0.25) is 17.7 Å². The van der Waals surface area contributed by atoms with Gasteiger partial charge in [-0.15, -0.1) is 0 Å². The molecule has 0 bridgehead atoms. The van der Waals surface area contributed by atoms with Gasteiger partial charge in [0, 0.05) is 36.9 Å². The van der Waals surface area contributed by atoms with Crippen molar-refractivity contribution in [3.8, 4) is 11.1 Å². The summed E-state index contributed by atoms with van der Waals surface area (Å²) in [6.07, 6.45) is 1.35. The molecule has 6 nitrogen and oxygen atoms in total. The number of halogens is 1. The summed E-state index contributed by atoms with van der Waals surface area (Å²) in [6.45, 7) is 2.70. The number of nitrogens with one attached hydrogen (secondary N) is 1. The van der Waals surface area contributed by atoms with Gasteiger partial charge in [-0.25, -0.2) is 0 Å². The van der Waals surface area contributed by atoms with Crippen LogP contribution in [0.1, 0.15) is 36.3 Å². The number of nitrogens with zero attached hydrogens (tertiary/aromatic N) is 1. The fourth-order valence-electron chi connectivity index (χ4n) is 4.75. The first kappa shape index (κ1) is 20.2. The van der Waals surface area contributed by atoms with Crippen molar-refractivity contribution >= 4 is 29.3 Å². The normalized spacial score (nSPS) is 22.5. The third-order valence-corrected chi connectivity index (χ3v) is 6.93. The van der Waals surface area contributed by atoms with Gasteiger partial charge in [0.1, 0.15) is 0 Å². The number of benzene rings is 2. The topological polar surface area (TPSA) is 75.7 Å². The highest BCUT2D eigenvalue weighted by Crippen LogP contribution is 2.39. The van der Waals surface area contributed by atoms with Crippen LogP contribution in [-0.4, -0.2) is 42.4 Å². The fraction of sp³-hybridized carbons (Fsp3) is 0.375. The van der Waals surface area contributed by atoms with Gasteiger partial charge in [0.25, 0.3) is 0 Å². The molecule has 2 aromatic carbocycles. The Morgan fingerprint density at radius 3 is 2.52 bits per heavy atom. The Hall–Kier alpha value is -2.70. The third kappa shape index (κ3) is 3.75. The van der Waals surface area contributed by atoms with Gasteiger partial charge in [0.05, 0.1) is 24.2 Å². The van der Waals surface area contributed by atoms with Crippen LogP contribution in [-0.2, 0) is 25.7 Å². The molecular weight excluding hydrogens is 416 g/mol. The summed E-state index contributed by atoms with van der Waals surface area (Å²) in [4.78, 5) is 38.0. The highest BCUT2D eigenvalue weighted by molar-refractivity contribution is 6.34. The number of likely N-dealkylation sites (tertiary alicyclic amines) is 1. The minimum Gasteiger partial charge on any atom is -0.380 e. The molecule has 1 N–H and O–H groups in total. The fourth-order valence-corrected chi connectivity index (χ4v) is 5.12. The van der Waals surface area contributed by atoms with Gasteiger partial charge in [-0.3, -0.25) is 19.7 Å². The van der Waals surface area contributed by atoms with Crippen LogP contribution < -0.4 is 5.32 Å². The largest absolute Gasteiger partial charge is 0.380 e. The number of amides is 3. The molecule has 7 heteroatoms. The number of imide groups is 1. The summed E-state index contributed by atoms with van der Waals surface area (Å²) in [5.74, 6) is -0.771. The first-order valence-electron chi connectivity index (χ1n) is 10.5. The smallest absolute Gasteiger partial charge is 0.234 e. The van der Waals surface area contributed by atoms with Crippen molar-refractivity contribution in [3.63, 3.8) is 0 Å². The van der Waals surface area contributed by atoms with E-state index in [0.29, 0.717) is 44.0 Å². The summed E-state index contributed by atoms with van der Waals surface area (Å²) in [5, 5.41) is 2.93. The number of ether oxygens (including phenoxy) is 1. The maximum atomic E-state index is 12.4. The molecule has 5 rings (SSSR count). The van der Waals surface area contributed by atoms with Gasteiger partial charge < -0.3 is 9.64 Å². The van der Waals surface area contributed by atoms with Crippen LogP contribution in [0.15, 0.2) is 42.5 Å². The quantitative estimate of drug-likeness (QED) is 0.743. The Morgan fingerprint density at radius 1 is 1.10 bits per heavy atom. The second-order valence-corrected chi connectivity index (χ2v) is 9.21. The third-order valence-electron chi connectivity index (χ3n) is 6.50. The number of hydrogen-bond acceptors (Lipinski definition) is 4. The molecule has 1 spiro atoms. The SMILES string of the molecule is O=C1CCC(c2cccc(-c3ccc(CN4CC5(COC5)CC4=O)cc3)c2Cl)C(=O)N1. The van der Waals surface area contributed by atoms with Crippen molar-refractivity contribution in [1.29, 1.82) is 0 Å². The Labute approximate surface area is 185 Å². The van der Waals surface area contributed by atoms with E-state index in [2.05, 4.69) is 5.32 Å². The van der Waals surface area contributed by atoms with Crippen molar-refractivity contribution in [2.45, 2.75) is 31.7 Å². The van der Waals surface area contributed by atoms with Crippen molar-refractivity contribution in [3.05, 3.63) is 58.6 Å². The molecule has 0 radical (unpaired) electrons. The predicted molar refractivity (Wildman–Crippen MR) is 115 cm³/mol. The average Bonchev–Trinajstić information content (AvgIpc) is 3.07. The van der Waals surface area contributed by atoms with E-state index in [1.54, 1.807) is 0 Å². The Kier molecular flexibility index (Phi) is 5.07. The Morgan fingerprint density at radius 2 is 1.87 bits per heavy atom. The summed E-state index contributed by atoms with van der Waals surface area (Å²) >= 11 is 6.70. The van der Waals surface area contributed by atoms with Crippen molar-refractivity contribution < 1.29 is 19.1 Å². The number of hydrogen-bond donors (Lipinski definition) is 1. The van der Waals surface area contributed by atoms with Crippen molar-refractivity contribution in [2.24, 2.45) is 5.41 Å². The Bertz CT molecular complexity index is 1060. The minimum atomic E-state index is -0.423. The molecule has 1 atom stereocenters. The van der Waals surface area contributed by atoms with Crippen LogP contribution in [0.4, 0.5) is 0 Å². The van der Waals surface area contributed by atoms with Crippen LogP contribution in [0.5, 0.6) is 0 Å². The molecule has 3 heterocycles.